The van der Waals surface area contributed by atoms with E-state index in [-0.39, 0.29) is 27.8 Å². The molecule has 1 rings (SSSR count). The molecule has 1 fully saturated rings. The van der Waals surface area contributed by atoms with Crippen LogP contribution in [0.2, 0.25) is 0 Å². The Hall–Kier alpha value is -0.810. The fourth-order valence-electron chi connectivity index (χ4n) is 6.04. The van der Waals surface area contributed by atoms with Gasteiger partial charge in [-0.25, -0.2) is 4.79 Å². The molecule has 0 saturated carbocycles. The lowest BCUT2D eigenvalue weighted by molar-refractivity contribution is -0.000424. The Morgan fingerprint density at radius 1 is 0.971 bits per heavy atom. The van der Waals surface area contributed by atoms with Crippen molar-refractivity contribution in [2.45, 2.75) is 115 Å². The van der Waals surface area contributed by atoms with E-state index in [1.165, 1.54) is 12.8 Å². The van der Waals surface area contributed by atoms with Gasteiger partial charge in [0.25, 0.3) is 0 Å². The molecule has 2 unspecified atom stereocenters. The molecule has 1 saturated heterocycles. The second-order valence-corrected chi connectivity index (χ2v) is 15.4. The van der Waals surface area contributed by atoms with Crippen LogP contribution in [0.25, 0.3) is 0 Å². The number of ether oxygens (including phenoxy) is 1. The molecule has 0 aromatic rings. The molecule has 0 spiro atoms. The van der Waals surface area contributed by atoms with Crippen LogP contribution < -0.4 is 10.6 Å². The summed E-state index contributed by atoms with van der Waals surface area (Å²) in [7, 11) is 0. The summed E-state index contributed by atoms with van der Waals surface area (Å²) in [4.78, 5) is 15.4. The highest BCUT2D eigenvalue weighted by Crippen LogP contribution is 2.38. The molecule has 1 aliphatic heterocycles. The van der Waals surface area contributed by atoms with Crippen molar-refractivity contribution in [2.75, 3.05) is 39.3 Å². The summed E-state index contributed by atoms with van der Waals surface area (Å²) in [6.07, 6.45) is 3.19. The maximum absolute atomic E-state index is 13.4. The second kappa shape index (κ2) is 12.2. The van der Waals surface area contributed by atoms with E-state index in [9.17, 15) is 4.79 Å². The van der Waals surface area contributed by atoms with Crippen molar-refractivity contribution >= 4 is 6.09 Å². The first-order valence-corrected chi connectivity index (χ1v) is 14.1. The van der Waals surface area contributed by atoms with Gasteiger partial charge in [-0.15, -0.1) is 0 Å². The second-order valence-electron chi connectivity index (χ2n) is 15.4. The van der Waals surface area contributed by atoms with Crippen LogP contribution in [-0.2, 0) is 4.74 Å². The highest BCUT2D eigenvalue weighted by molar-refractivity contribution is 5.68. The topological polar surface area (TPSA) is 53.6 Å². The van der Waals surface area contributed by atoms with E-state index >= 15 is 0 Å². The minimum absolute atomic E-state index is 0.00941. The molecule has 1 heterocycles. The first-order chi connectivity index (χ1) is 15.7. The van der Waals surface area contributed by atoms with E-state index in [2.05, 4.69) is 79.9 Å². The first kappa shape index (κ1) is 32.2. The Bertz CT molecular complexity index is 663. The summed E-state index contributed by atoms with van der Waals surface area (Å²) in [5, 5.41) is 7.62. The summed E-state index contributed by atoms with van der Waals surface area (Å²) in [6, 6.07) is 0. The molecule has 0 aromatic carbocycles. The van der Waals surface area contributed by atoms with Crippen LogP contribution in [-0.4, -0.2) is 55.9 Å². The smallest absolute Gasteiger partial charge is 0.410 e. The van der Waals surface area contributed by atoms with Gasteiger partial charge < -0.3 is 20.3 Å². The fraction of sp³-hybridized carbons (Fsp3) is 0.967. The lowest BCUT2D eigenvalue weighted by Crippen LogP contribution is -2.51. The summed E-state index contributed by atoms with van der Waals surface area (Å²) in [5.41, 5.74) is -0.0733. The van der Waals surface area contributed by atoms with Crippen LogP contribution >= 0.6 is 0 Å². The highest BCUT2D eigenvalue weighted by Gasteiger charge is 2.38. The number of carbonyl (C=O) groups is 1. The average molecular weight is 496 g/mol. The van der Waals surface area contributed by atoms with Crippen molar-refractivity contribution in [3.63, 3.8) is 0 Å². The maximum atomic E-state index is 13.4. The molecule has 0 aliphatic carbocycles. The molecule has 208 valence electrons. The summed E-state index contributed by atoms with van der Waals surface area (Å²) >= 11 is 0. The Kier molecular flexibility index (Phi) is 11.2. The van der Waals surface area contributed by atoms with Gasteiger partial charge in [0.1, 0.15) is 5.60 Å². The van der Waals surface area contributed by atoms with Crippen LogP contribution in [0, 0.1) is 33.5 Å². The number of amides is 1. The van der Waals surface area contributed by atoms with Crippen LogP contribution in [0.1, 0.15) is 109 Å². The Labute approximate surface area is 218 Å². The predicted octanol–water partition coefficient (Wildman–Crippen LogP) is 6.96. The third kappa shape index (κ3) is 11.4. The van der Waals surface area contributed by atoms with Crippen LogP contribution in [0.3, 0.4) is 0 Å². The molecule has 5 heteroatoms. The lowest BCUT2D eigenvalue weighted by Gasteiger charge is -2.44. The summed E-state index contributed by atoms with van der Waals surface area (Å²) < 4.78 is 5.89. The van der Waals surface area contributed by atoms with Crippen molar-refractivity contribution in [1.82, 2.24) is 15.5 Å². The van der Waals surface area contributed by atoms with E-state index in [0.717, 1.165) is 32.6 Å². The molecule has 1 aliphatic rings. The molecular formula is C30H61N3O2. The van der Waals surface area contributed by atoms with Crippen molar-refractivity contribution in [1.29, 1.82) is 0 Å². The minimum atomic E-state index is -0.503. The zero-order valence-corrected chi connectivity index (χ0v) is 25.8. The molecule has 1 amide bonds. The number of hydrogen-bond acceptors (Lipinski definition) is 4. The average Bonchev–Trinajstić information content (AvgIpc) is 2.65. The molecule has 2 atom stereocenters. The zero-order chi connectivity index (χ0) is 27.3. The van der Waals surface area contributed by atoms with Gasteiger partial charge in [-0.2, -0.15) is 0 Å². The van der Waals surface area contributed by atoms with Gasteiger partial charge >= 0.3 is 6.09 Å². The quantitative estimate of drug-likeness (QED) is 0.434. The first-order valence-electron chi connectivity index (χ1n) is 14.1. The number of hydrogen-bond donors (Lipinski definition) is 2. The predicted molar refractivity (Wildman–Crippen MR) is 151 cm³/mol. The number of carbonyl (C=O) groups excluding carboxylic acids is 1. The van der Waals surface area contributed by atoms with Gasteiger partial charge in [-0.3, -0.25) is 0 Å². The van der Waals surface area contributed by atoms with Crippen molar-refractivity contribution in [3.05, 3.63) is 0 Å². The minimum Gasteiger partial charge on any atom is -0.444 e. The molecular weight excluding hydrogens is 434 g/mol. The summed E-state index contributed by atoms with van der Waals surface area (Å²) in [6.45, 7) is 34.6. The number of rotatable bonds is 2. The molecule has 35 heavy (non-hydrogen) atoms. The summed E-state index contributed by atoms with van der Waals surface area (Å²) in [5.74, 6) is 0.955. The normalized spacial score (nSPS) is 29.1. The third-order valence-corrected chi connectivity index (χ3v) is 7.93. The van der Waals surface area contributed by atoms with E-state index in [1.807, 2.05) is 25.7 Å². The van der Waals surface area contributed by atoms with Gasteiger partial charge in [-0.1, -0.05) is 69.2 Å². The Morgan fingerprint density at radius 3 is 2.09 bits per heavy atom. The Balaban J connectivity index is 3.31. The molecule has 0 aromatic heterocycles. The maximum Gasteiger partial charge on any atom is 0.410 e. The Morgan fingerprint density at radius 2 is 1.57 bits per heavy atom. The van der Waals surface area contributed by atoms with Crippen molar-refractivity contribution < 1.29 is 9.53 Å². The van der Waals surface area contributed by atoms with E-state index in [4.69, 9.17) is 4.74 Å². The third-order valence-electron chi connectivity index (χ3n) is 7.93. The number of nitrogens with zero attached hydrogens (tertiary/aromatic N) is 1. The van der Waals surface area contributed by atoms with Gasteiger partial charge in [0.2, 0.25) is 0 Å². The van der Waals surface area contributed by atoms with E-state index in [0.29, 0.717) is 24.9 Å². The lowest BCUT2D eigenvalue weighted by atomic mass is 9.70. The van der Waals surface area contributed by atoms with E-state index < -0.39 is 5.60 Å². The highest BCUT2D eigenvalue weighted by atomic mass is 16.6. The fourth-order valence-corrected chi connectivity index (χ4v) is 6.04. The van der Waals surface area contributed by atoms with Gasteiger partial charge in [0, 0.05) is 26.2 Å². The molecule has 0 radical (unpaired) electrons. The molecule has 2 N–H and O–H groups in total. The van der Waals surface area contributed by atoms with Gasteiger partial charge in [-0.05, 0) is 86.6 Å². The van der Waals surface area contributed by atoms with Crippen LogP contribution in [0.4, 0.5) is 4.79 Å². The van der Waals surface area contributed by atoms with E-state index in [1.54, 1.807) is 0 Å². The monoisotopic (exact) mass is 495 g/mol. The van der Waals surface area contributed by atoms with Crippen molar-refractivity contribution in [2.24, 2.45) is 33.5 Å². The van der Waals surface area contributed by atoms with Crippen LogP contribution in [0.5, 0.6) is 0 Å². The largest absolute Gasteiger partial charge is 0.444 e. The molecule has 0 bridgehead atoms. The van der Waals surface area contributed by atoms with Gasteiger partial charge in [0.15, 0.2) is 0 Å². The van der Waals surface area contributed by atoms with Crippen LogP contribution in [0.15, 0.2) is 0 Å². The SMILES string of the molecule is CCC1(C)CNCCC(C)(C)CN(C(=O)OC(C)(C)C)CC(C)(C)C(C(C)C)CNCC(C)(C)C1. The standard InChI is InChI=1S/C30H61N3O2/c1-14-30(13)18-28(9,10)19-32-17-24(23(2)3)29(11,12)22-33(25(34)35-26(4,5)6)21-27(7,8)15-16-31-20-30/h23-24,31-32H,14-22H2,1-13H3. The number of nitrogens with one attached hydrogen (secondary N) is 2. The van der Waals surface area contributed by atoms with Gasteiger partial charge in [0.05, 0.1) is 0 Å². The molecule has 5 nitrogen and oxygen atoms in total. The van der Waals surface area contributed by atoms with Crippen molar-refractivity contribution in [3.8, 4) is 0 Å². The zero-order valence-electron chi connectivity index (χ0n) is 25.8.